The van der Waals surface area contributed by atoms with Crippen LogP contribution < -0.4 is 5.32 Å². The molecule has 0 fully saturated rings. The van der Waals surface area contributed by atoms with E-state index in [4.69, 9.17) is 4.74 Å². The number of carbonyl (C=O) groups is 2. The van der Waals surface area contributed by atoms with Crippen molar-refractivity contribution in [1.29, 1.82) is 0 Å². The Morgan fingerprint density at radius 2 is 1.82 bits per heavy atom. The minimum absolute atomic E-state index is 0.203. The van der Waals surface area contributed by atoms with Crippen LogP contribution in [0.2, 0.25) is 0 Å². The van der Waals surface area contributed by atoms with E-state index in [0.29, 0.717) is 5.56 Å². The molecule has 152 valence electrons. The van der Waals surface area contributed by atoms with Crippen molar-refractivity contribution in [3.8, 4) is 5.69 Å². The zero-order valence-corrected chi connectivity index (χ0v) is 17.5. The third-order valence-electron chi connectivity index (χ3n) is 4.58. The molecule has 0 aliphatic rings. The molecule has 2 rings (SSSR count). The Kier molecular flexibility index (Phi) is 6.67. The van der Waals surface area contributed by atoms with Crippen molar-refractivity contribution >= 4 is 11.9 Å². The molecule has 1 amide bonds. The highest BCUT2D eigenvalue weighted by molar-refractivity contribution is 5.98. The number of amides is 1. The van der Waals surface area contributed by atoms with Gasteiger partial charge in [-0.2, -0.15) is 0 Å². The van der Waals surface area contributed by atoms with Gasteiger partial charge in [0.15, 0.2) is 0 Å². The summed E-state index contributed by atoms with van der Waals surface area (Å²) in [5.74, 6) is -1.46. The summed E-state index contributed by atoms with van der Waals surface area (Å²) in [6.45, 7) is 11.8. The summed E-state index contributed by atoms with van der Waals surface area (Å²) in [4.78, 5) is 24.4. The predicted molar refractivity (Wildman–Crippen MR) is 109 cm³/mol. The molecule has 2 aromatic rings. The number of hydrogen-bond acceptors (Lipinski definition) is 3. The van der Waals surface area contributed by atoms with E-state index in [1.54, 1.807) is 6.07 Å². The Bertz CT molecular complexity index is 862. The normalized spacial score (nSPS) is 12.6. The van der Waals surface area contributed by atoms with Crippen molar-refractivity contribution < 1.29 is 19.4 Å². The SMILES string of the molecule is Cc1ccccc1-n1c(C)cc(C(=O)NC(CCOC(C)(C)C)C(=O)O)c1C. The zero-order valence-electron chi connectivity index (χ0n) is 17.5. The van der Waals surface area contributed by atoms with Crippen molar-refractivity contribution in [3.63, 3.8) is 0 Å². The number of aromatic nitrogens is 1. The van der Waals surface area contributed by atoms with E-state index in [2.05, 4.69) is 5.32 Å². The lowest BCUT2D eigenvalue weighted by atomic mass is 10.1. The Balaban J connectivity index is 2.21. The molecule has 6 heteroatoms. The Labute approximate surface area is 166 Å². The van der Waals surface area contributed by atoms with Crippen LogP contribution in [0.5, 0.6) is 0 Å². The van der Waals surface area contributed by atoms with Gasteiger partial charge >= 0.3 is 5.97 Å². The number of benzene rings is 1. The quantitative estimate of drug-likeness (QED) is 0.759. The van der Waals surface area contributed by atoms with Gasteiger partial charge in [-0.25, -0.2) is 4.79 Å². The lowest BCUT2D eigenvalue weighted by molar-refractivity contribution is -0.140. The van der Waals surface area contributed by atoms with Crippen LogP contribution in [0.25, 0.3) is 5.69 Å². The maximum absolute atomic E-state index is 12.8. The largest absolute Gasteiger partial charge is 0.480 e. The number of rotatable bonds is 7. The highest BCUT2D eigenvalue weighted by Gasteiger charge is 2.24. The first-order valence-corrected chi connectivity index (χ1v) is 9.44. The molecule has 0 aliphatic carbocycles. The number of ether oxygens (including phenoxy) is 1. The van der Waals surface area contributed by atoms with Gasteiger partial charge in [0, 0.05) is 30.1 Å². The fourth-order valence-corrected chi connectivity index (χ4v) is 3.15. The van der Waals surface area contributed by atoms with Gasteiger partial charge in [0.2, 0.25) is 0 Å². The average Bonchev–Trinajstić information content (AvgIpc) is 2.88. The third-order valence-corrected chi connectivity index (χ3v) is 4.58. The Morgan fingerprint density at radius 1 is 1.18 bits per heavy atom. The first-order chi connectivity index (χ1) is 13.0. The van der Waals surface area contributed by atoms with Crippen LogP contribution in [-0.2, 0) is 9.53 Å². The van der Waals surface area contributed by atoms with Gasteiger partial charge in [-0.05, 0) is 59.2 Å². The molecule has 6 nitrogen and oxygen atoms in total. The first kappa shape index (κ1) is 21.7. The zero-order chi connectivity index (χ0) is 21.1. The fourth-order valence-electron chi connectivity index (χ4n) is 3.15. The van der Waals surface area contributed by atoms with Crippen LogP contribution in [0.3, 0.4) is 0 Å². The molecule has 0 bridgehead atoms. The van der Waals surface area contributed by atoms with Crippen LogP contribution >= 0.6 is 0 Å². The second-order valence-corrected chi connectivity index (χ2v) is 8.02. The smallest absolute Gasteiger partial charge is 0.326 e. The third kappa shape index (κ3) is 5.23. The maximum atomic E-state index is 12.8. The summed E-state index contributed by atoms with van der Waals surface area (Å²) in [6.07, 6.45) is 0.203. The molecule has 0 aliphatic heterocycles. The van der Waals surface area contributed by atoms with E-state index >= 15 is 0 Å². The van der Waals surface area contributed by atoms with Gasteiger partial charge in [-0.15, -0.1) is 0 Å². The number of carboxylic acids is 1. The summed E-state index contributed by atoms with van der Waals surface area (Å²) < 4.78 is 7.61. The van der Waals surface area contributed by atoms with Gasteiger partial charge in [0.05, 0.1) is 11.2 Å². The summed E-state index contributed by atoms with van der Waals surface area (Å²) >= 11 is 0. The molecule has 1 aromatic carbocycles. The minimum atomic E-state index is -1.07. The van der Waals surface area contributed by atoms with Crippen molar-refractivity contribution in [1.82, 2.24) is 9.88 Å². The first-order valence-electron chi connectivity index (χ1n) is 9.44. The van der Waals surface area contributed by atoms with Crippen molar-refractivity contribution in [2.24, 2.45) is 0 Å². The van der Waals surface area contributed by atoms with E-state index in [-0.39, 0.29) is 18.6 Å². The Morgan fingerprint density at radius 3 is 2.39 bits per heavy atom. The average molecular weight is 386 g/mol. The summed E-state index contributed by atoms with van der Waals surface area (Å²) in [7, 11) is 0. The number of aryl methyl sites for hydroxylation is 2. The number of aliphatic carboxylic acids is 1. The van der Waals surface area contributed by atoms with Crippen molar-refractivity contribution in [2.45, 2.75) is 59.6 Å². The molecule has 0 saturated heterocycles. The molecule has 1 aromatic heterocycles. The van der Waals surface area contributed by atoms with E-state index in [0.717, 1.165) is 22.6 Å². The number of carboxylic acid groups (broad SMARTS) is 1. The van der Waals surface area contributed by atoms with Crippen LogP contribution in [0.4, 0.5) is 0 Å². The summed E-state index contributed by atoms with van der Waals surface area (Å²) in [5, 5.41) is 12.1. The molecular formula is C22H30N2O4. The summed E-state index contributed by atoms with van der Waals surface area (Å²) in [6, 6.07) is 8.73. The van der Waals surface area contributed by atoms with Gasteiger partial charge < -0.3 is 19.7 Å². The maximum Gasteiger partial charge on any atom is 0.326 e. The van der Waals surface area contributed by atoms with Crippen LogP contribution in [0.1, 0.15) is 54.5 Å². The summed E-state index contributed by atoms with van der Waals surface area (Å²) in [5.41, 5.74) is 3.91. The minimum Gasteiger partial charge on any atom is -0.480 e. The number of para-hydroxylation sites is 1. The Hall–Kier alpha value is -2.60. The molecule has 1 heterocycles. The van der Waals surface area contributed by atoms with Gasteiger partial charge in [-0.1, -0.05) is 18.2 Å². The highest BCUT2D eigenvalue weighted by atomic mass is 16.5. The van der Waals surface area contributed by atoms with Crippen molar-refractivity contribution in [3.05, 3.63) is 52.8 Å². The van der Waals surface area contributed by atoms with E-state index in [1.165, 1.54) is 0 Å². The molecular weight excluding hydrogens is 356 g/mol. The lowest BCUT2D eigenvalue weighted by Gasteiger charge is -2.21. The predicted octanol–water partition coefficient (Wildman–Crippen LogP) is 3.79. The van der Waals surface area contributed by atoms with Crippen LogP contribution in [0, 0.1) is 20.8 Å². The number of hydrogen-bond donors (Lipinski definition) is 2. The molecule has 28 heavy (non-hydrogen) atoms. The van der Waals surface area contributed by atoms with Crippen molar-refractivity contribution in [2.75, 3.05) is 6.61 Å². The molecule has 0 saturated carbocycles. The molecule has 0 spiro atoms. The molecule has 2 N–H and O–H groups in total. The monoisotopic (exact) mass is 386 g/mol. The number of nitrogens with zero attached hydrogens (tertiary/aromatic N) is 1. The van der Waals surface area contributed by atoms with E-state index < -0.39 is 17.9 Å². The number of nitrogens with one attached hydrogen (secondary N) is 1. The van der Waals surface area contributed by atoms with Gasteiger partial charge in [0.25, 0.3) is 5.91 Å². The van der Waals surface area contributed by atoms with Crippen LogP contribution in [0.15, 0.2) is 30.3 Å². The van der Waals surface area contributed by atoms with Gasteiger partial charge in [0.1, 0.15) is 6.04 Å². The lowest BCUT2D eigenvalue weighted by Crippen LogP contribution is -2.42. The van der Waals surface area contributed by atoms with E-state index in [9.17, 15) is 14.7 Å². The fraction of sp³-hybridized carbons (Fsp3) is 0.455. The standard InChI is InChI=1S/C22H30N2O4/c1-14-9-7-8-10-19(14)24-15(2)13-17(16(24)3)20(25)23-18(21(26)27)11-12-28-22(4,5)6/h7-10,13,18H,11-12H2,1-6H3,(H,23,25)(H,26,27). The molecule has 0 radical (unpaired) electrons. The highest BCUT2D eigenvalue weighted by Crippen LogP contribution is 2.23. The molecule has 1 atom stereocenters. The topological polar surface area (TPSA) is 80.6 Å². The van der Waals surface area contributed by atoms with Gasteiger partial charge in [-0.3, -0.25) is 4.79 Å². The van der Waals surface area contributed by atoms with E-state index in [1.807, 2.05) is 70.4 Å². The van der Waals surface area contributed by atoms with Crippen LogP contribution in [-0.4, -0.2) is 39.8 Å². The number of carbonyl (C=O) groups excluding carboxylic acids is 1. The second-order valence-electron chi connectivity index (χ2n) is 8.02. The second kappa shape index (κ2) is 8.61. The molecule has 1 unspecified atom stereocenters.